The smallest absolute Gasteiger partial charge is 0.226 e. The average molecular weight is 359 g/mol. The molecule has 1 amide bonds. The van der Waals surface area contributed by atoms with Gasteiger partial charge in [-0.05, 0) is 57.3 Å². The fraction of sp³-hybridized carbons (Fsp3) is 0.850. The third kappa shape index (κ3) is 3.28. The summed E-state index contributed by atoms with van der Waals surface area (Å²) in [6.45, 7) is 2.52. The average Bonchev–Trinajstić information content (AvgIpc) is 3.34. The zero-order valence-electron chi connectivity index (χ0n) is 15.5. The molecule has 1 atom stereocenters. The van der Waals surface area contributed by atoms with Gasteiger partial charge in [-0.2, -0.15) is 4.98 Å². The van der Waals surface area contributed by atoms with Crippen molar-refractivity contribution in [1.29, 1.82) is 0 Å². The number of hydrogen-bond acceptors (Lipinski definition) is 5. The Morgan fingerprint density at radius 1 is 1.15 bits per heavy atom. The molecule has 0 N–H and O–H groups in total. The van der Waals surface area contributed by atoms with Crippen LogP contribution in [0, 0.1) is 11.8 Å². The second-order valence-electron chi connectivity index (χ2n) is 8.87. The number of carbonyl (C=O) groups excluding carboxylic acids is 1. The van der Waals surface area contributed by atoms with Crippen LogP contribution in [-0.2, 0) is 16.0 Å². The van der Waals surface area contributed by atoms with Crippen molar-refractivity contribution in [3.8, 4) is 0 Å². The lowest BCUT2D eigenvalue weighted by molar-refractivity contribution is -0.152. The van der Waals surface area contributed by atoms with Gasteiger partial charge in [-0.1, -0.05) is 11.6 Å². The number of ether oxygens (including phenoxy) is 1. The quantitative estimate of drug-likeness (QED) is 0.826. The van der Waals surface area contributed by atoms with Crippen LogP contribution in [0.3, 0.4) is 0 Å². The lowest BCUT2D eigenvalue weighted by atomic mass is 9.77. The summed E-state index contributed by atoms with van der Waals surface area (Å²) in [5.41, 5.74) is -0.0430. The summed E-state index contributed by atoms with van der Waals surface area (Å²) >= 11 is 0. The van der Waals surface area contributed by atoms with Gasteiger partial charge in [-0.3, -0.25) is 4.79 Å². The van der Waals surface area contributed by atoms with Crippen LogP contribution in [0.5, 0.6) is 0 Å². The topological polar surface area (TPSA) is 68.5 Å². The van der Waals surface area contributed by atoms with E-state index in [-0.39, 0.29) is 5.60 Å². The van der Waals surface area contributed by atoms with Crippen LogP contribution in [0.25, 0.3) is 0 Å². The largest absolute Gasteiger partial charge is 0.375 e. The molecule has 2 saturated heterocycles. The Morgan fingerprint density at radius 2 is 1.96 bits per heavy atom. The lowest BCUT2D eigenvalue weighted by Gasteiger charge is -2.47. The highest BCUT2D eigenvalue weighted by Crippen LogP contribution is 2.41. The molecule has 2 aliphatic carbocycles. The van der Waals surface area contributed by atoms with E-state index >= 15 is 0 Å². The molecular formula is C20H29N3O3. The van der Waals surface area contributed by atoms with E-state index in [9.17, 15) is 4.79 Å². The normalized spacial score (nSPS) is 28.9. The van der Waals surface area contributed by atoms with Crippen LogP contribution in [0.2, 0.25) is 0 Å². The molecule has 5 rings (SSSR count). The molecule has 4 fully saturated rings. The predicted octanol–water partition coefficient (Wildman–Crippen LogP) is 3.08. The molecule has 2 aliphatic heterocycles. The van der Waals surface area contributed by atoms with Crippen molar-refractivity contribution >= 4 is 5.91 Å². The first-order valence-corrected chi connectivity index (χ1v) is 10.5. The number of nitrogens with zero attached hydrogens (tertiary/aromatic N) is 3. The first kappa shape index (κ1) is 16.7. The Labute approximate surface area is 154 Å². The SMILES string of the molecule is O=C(C1CCC1)N1CCC2(CC1)CC(Cc1nc(C3CC3)no1)CCO2. The number of carbonyl (C=O) groups is 1. The molecule has 1 aromatic rings. The molecule has 142 valence electrons. The van der Waals surface area contributed by atoms with Gasteiger partial charge in [-0.15, -0.1) is 0 Å². The van der Waals surface area contributed by atoms with E-state index in [2.05, 4.69) is 15.0 Å². The van der Waals surface area contributed by atoms with Crippen LogP contribution < -0.4 is 0 Å². The Bertz CT molecular complexity index is 657. The molecule has 4 aliphatic rings. The minimum absolute atomic E-state index is 0.0430. The van der Waals surface area contributed by atoms with E-state index in [1.807, 2.05) is 0 Å². The minimum atomic E-state index is -0.0430. The van der Waals surface area contributed by atoms with Crippen LogP contribution >= 0.6 is 0 Å². The van der Waals surface area contributed by atoms with E-state index in [0.29, 0.717) is 23.7 Å². The van der Waals surface area contributed by atoms with Crippen LogP contribution in [0.15, 0.2) is 4.52 Å². The monoisotopic (exact) mass is 359 g/mol. The maximum atomic E-state index is 12.5. The first-order chi connectivity index (χ1) is 12.7. The van der Waals surface area contributed by atoms with Gasteiger partial charge >= 0.3 is 0 Å². The minimum Gasteiger partial charge on any atom is -0.375 e. The van der Waals surface area contributed by atoms with Gasteiger partial charge in [-0.25, -0.2) is 0 Å². The van der Waals surface area contributed by atoms with Crippen molar-refractivity contribution in [3.05, 3.63) is 11.7 Å². The molecule has 1 aromatic heterocycles. The van der Waals surface area contributed by atoms with Gasteiger partial charge in [0, 0.05) is 38.0 Å². The zero-order chi connectivity index (χ0) is 17.6. The Hall–Kier alpha value is -1.43. The van der Waals surface area contributed by atoms with Crippen LogP contribution in [0.1, 0.15) is 75.4 Å². The fourth-order valence-electron chi connectivity index (χ4n) is 4.81. The number of likely N-dealkylation sites (tertiary alicyclic amines) is 1. The summed E-state index contributed by atoms with van der Waals surface area (Å²) in [7, 11) is 0. The molecule has 3 heterocycles. The summed E-state index contributed by atoms with van der Waals surface area (Å²) in [5, 5.41) is 4.15. The number of amides is 1. The molecule has 1 spiro atoms. The van der Waals surface area contributed by atoms with Crippen molar-refractivity contribution in [3.63, 3.8) is 0 Å². The lowest BCUT2D eigenvalue weighted by Crippen LogP contribution is -2.52. The molecule has 26 heavy (non-hydrogen) atoms. The van der Waals surface area contributed by atoms with Crippen molar-refractivity contribution in [1.82, 2.24) is 15.0 Å². The van der Waals surface area contributed by atoms with Crippen LogP contribution in [0.4, 0.5) is 0 Å². The third-order valence-electron chi connectivity index (χ3n) is 6.93. The van der Waals surface area contributed by atoms with Gasteiger partial charge < -0.3 is 14.2 Å². The van der Waals surface area contributed by atoms with Crippen LogP contribution in [-0.4, -0.2) is 46.2 Å². The summed E-state index contributed by atoms with van der Waals surface area (Å²) in [6, 6.07) is 0. The van der Waals surface area contributed by atoms with Gasteiger partial charge in [0.05, 0.1) is 5.60 Å². The van der Waals surface area contributed by atoms with Crippen molar-refractivity contribution in [2.45, 2.75) is 75.7 Å². The number of aromatic nitrogens is 2. The standard InChI is InChI=1S/C20H29N3O3/c24-19(16-2-1-3-16)23-9-7-20(8-10-23)13-14(6-11-25-20)12-17-21-18(22-26-17)15-4-5-15/h14-16H,1-13H2. The van der Waals surface area contributed by atoms with Crippen molar-refractivity contribution in [2.75, 3.05) is 19.7 Å². The van der Waals surface area contributed by atoms with Gasteiger partial charge in [0.25, 0.3) is 0 Å². The zero-order valence-corrected chi connectivity index (χ0v) is 15.5. The number of hydrogen-bond donors (Lipinski definition) is 0. The Balaban J connectivity index is 1.17. The summed E-state index contributed by atoms with van der Waals surface area (Å²) in [4.78, 5) is 19.2. The van der Waals surface area contributed by atoms with E-state index in [1.165, 1.54) is 19.3 Å². The second-order valence-corrected chi connectivity index (χ2v) is 8.87. The fourth-order valence-corrected chi connectivity index (χ4v) is 4.81. The molecule has 0 aromatic carbocycles. The summed E-state index contributed by atoms with van der Waals surface area (Å²) in [6.07, 6.45) is 10.7. The highest BCUT2D eigenvalue weighted by Gasteiger charge is 2.42. The second kappa shape index (κ2) is 6.63. The highest BCUT2D eigenvalue weighted by atomic mass is 16.5. The summed E-state index contributed by atoms with van der Waals surface area (Å²) < 4.78 is 11.7. The molecule has 0 radical (unpaired) electrons. The van der Waals surface area contributed by atoms with E-state index in [4.69, 9.17) is 9.26 Å². The Kier molecular flexibility index (Phi) is 4.26. The predicted molar refractivity (Wildman–Crippen MR) is 94.5 cm³/mol. The molecule has 6 heteroatoms. The Morgan fingerprint density at radius 3 is 2.65 bits per heavy atom. The summed E-state index contributed by atoms with van der Waals surface area (Å²) in [5.74, 6) is 3.49. The van der Waals surface area contributed by atoms with Gasteiger partial charge in [0.1, 0.15) is 0 Å². The van der Waals surface area contributed by atoms with Crippen molar-refractivity contribution < 1.29 is 14.1 Å². The van der Waals surface area contributed by atoms with E-state index < -0.39 is 0 Å². The molecule has 0 bridgehead atoms. The molecule has 2 saturated carbocycles. The number of piperidine rings is 1. The maximum Gasteiger partial charge on any atom is 0.226 e. The molecular weight excluding hydrogens is 330 g/mol. The first-order valence-electron chi connectivity index (χ1n) is 10.5. The number of rotatable bonds is 4. The third-order valence-corrected chi connectivity index (χ3v) is 6.93. The molecule has 6 nitrogen and oxygen atoms in total. The van der Waals surface area contributed by atoms with Gasteiger partial charge in [0.15, 0.2) is 5.82 Å². The van der Waals surface area contributed by atoms with Gasteiger partial charge in [0.2, 0.25) is 11.8 Å². The molecule has 1 unspecified atom stereocenters. The van der Waals surface area contributed by atoms with E-state index in [1.54, 1.807) is 0 Å². The van der Waals surface area contributed by atoms with Crippen molar-refractivity contribution in [2.24, 2.45) is 11.8 Å². The maximum absolute atomic E-state index is 12.5. The van der Waals surface area contributed by atoms with E-state index in [0.717, 1.165) is 76.4 Å². The highest BCUT2D eigenvalue weighted by molar-refractivity contribution is 5.79.